The molecule has 2 unspecified atom stereocenters. The maximum atomic E-state index is 13.6. The van der Waals surface area contributed by atoms with Crippen LogP contribution >= 0.6 is 0 Å². The van der Waals surface area contributed by atoms with Gasteiger partial charge in [0.05, 0.1) is 28.2 Å². The lowest BCUT2D eigenvalue weighted by molar-refractivity contribution is -0.178. The summed E-state index contributed by atoms with van der Waals surface area (Å²) < 4.78 is 0. The van der Waals surface area contributed by atoms with Crippen LogP contribution in [-0.4, -0.2) is 29.0 Å². The van der Waals surface area contributed by atoms with Gasteiger partial charge in [-0.1, -0.05) is 18.2 Å². The maximum Gasteiger partial charge on any atom is 0.309 e. The van der Waals surface area contributed by atoms with Gasteiger partial charge in [-0.05, 0) is 62.5 Å². The number of rotatable bonds is 3. The molecule has 4 fully saturated rings. The first-order valence-corrected chi connectivity index (χ1v) is 9.77. The minimum atomic E-state index is -0.705. The fourth-order valence-corrected chi connectivity index (χ4v) is 6.48. The van der Waals surface area contributed by atoms with Gasteiger partial charge in [-0.3, -0.25) is 14.6 Å². The normalized spacial score (nSPS) is 34.0. The Bertz CT molecular complexity index is 939. The second kappa shape index (κ2) is 5.54. The number of fused-ring (bicyclic) bond motifs is 1. The van der Waals surface area contributed by atoms with Crippen LogP contribution in [-0.2, 0) is 9.59 Å². The molecule has 27 heavy (non-hydrogen) atoms. The molecular weight excluding hydrogens is 340 g/mol. The minimum Gasteiger partial charge on any atom is -0.481 e. The summed E-state index contributed by atoms with van der Waals surface area (Å²) in [7, 11) is 1.81. The lowest BCUT2D eigenvalue weighted by Crippen LogP contribution is -2.59. The summed E-state index contributed by atoms with van der Waals surface area (Å²) in [5, 5.41) is 10.9. The number of benzene rings is 1. The van der Waals surface area contributed by atoms with Crippen LogP contribution in [0.4, 0.5) is 5.69 Å². The topological polar surface area (TPSA) is 70.5 Å². The average Bonchev–Trinajstić information content (AvgIpc) is 2.65. The summed E-state index contributed by atoms with van der Waals surface area (Å²) in [5.74, 6) is 0.104. The van der Waals surface area contributed by atoms with Crippen molar-refractivity contribution in [3.63, 3.8) is 0 Å². The molecule has 1 amide bonds. The van der Waals surface area contributed by atoms with Gasteiger partial charge in [0.25, 0.3) is 0 Å². The van der Waals surface area contributed by atoms with Gasteiger partial charge in [0.1, 0.15) is 0 Å². The zero-order valence-corrected chi connectivity index (χ0v) is 15.5. The molecule has 4 bridgehead atoms. The Labute approximate surface area is 158 Å². The highest BCUT2D eigenvalue weighted by Crippen LogP contribution is 2.65. The predicted octanol–water partition coefficient (Wildman–Crippen LogP) is 3.87. The Morgan fingerprint density at radius 1 is 1.11 bits per heavy atom. The number of aromatic nitrogens is 1. The third-order valence-electron chi connectivity index (χ3n) is 7.24. The number of carbonyl (C=O) groups is 2. The van der Waals surface area contributed by atoms with E-state index in [1.54, 1.807) is 18.1 Å². The largest absolute Gasteiger partial charge is 0.481 e. The first-order chi connectivity index (χ1) is 12.9. The summed E-state index contributed by atoms with van der Waals surface area (Å²) in [6.45, 7) is 0. The lowest BCUT2D eigenvalue weighted by Gasteiger charge is -2.60. The van der Waals surface area contributed by atoms with Crippen LogP contribution in [0.3, 0.4) is 0 Å². The third kappa shape index (κ3) is 2.40. The van der Waals surface area contributed by atoms with Crippen LogP contribution in [0.25, 0.3) is 10.9 Å². The highest BCUT2D eigenvalue weighted by Gasteiger charge is 2.63. The Morgan fingerprint density at radius 3 is 2.48 bits per heavy atom. The van der Waals surface area contributed by atoms with E-state index in [1.807, 2.05) is 30.3 Å². The number of carbonyl (C=O) groups excluding carboxylic acids is 1. The van der Waals surface area contributed by atoms with Crippen molar-refractivity contribution < 1.29 is 14.7 Å². The number of aliphatic carboxylic acids is 1. The van der Waals surface area contributed by atoms with Crippen LogP contribution in [0.1, 0.15) is 38.5 Å². The van der Waals surface area contributed by atoms with Crippen molar-refractivity contribution in [2.45, 2.75) is 38.5 Å². The fraction of sp³-hybridized carbons (Fsp3) is 0.500. The highest BCUT2D eigenvalue weighted by atomic mass is 16.4. The van der Waals surface area contributed by atoms with E-state index in [-0.39, 0.29) is 5.91 Å². The van der Waals surface area contributed by atoms with E-state index in [0.717, 1.165) is 48.7 Å². The van der Waals surface area contributed by atoms with Gasteiger partial charge in [0, 0.05) is 12.4 Å². The van der Waals surface area contributed by atoms with Gasteiger partial charge in [-0.2, -0.15) is 0 Å². The van der Waals surface area contributed by atoms with Crippen molar-refractivity contribution in [1.29, 1.82) is 0 Å². The molecule has 5 nitrogen and oxygen atoms in total. The smallest absolute Gasteiger partial charge is 0.309 e. The van der Waals surface area contributed by atoms with Gasteiger partial charge in [-0.15, -0.1) is 0 Å². The third-order valence-corrected chi connectivity index (χ3v) is 7.24. The molecular formula is C22H24N2O3. The zero-order valence-electron chi connectivity index (χ0n) is 15.5. The van der Waals surface area contributed by atoms with E-state index < -0.39 is 16.8 Å². The number of para-hydroxylation sites is 1. The summed E-state index contributed by atoms with van der Waals surface area (Å²) in [6.07, 6.45) is 6.49. The van der Waals surface area contributed by atoms with Gasteiger partial charge in [0.15, 0.2) is 0 Å². The molecule has 140 valence electrons. The predicted molar refractivity (Wildman–Crippen MR) is 102 cm³/mol. The van der Waals surface area contributed by atoms with E-state index in [9.17, 15) is 14.7 Å². The Morgan fingerprint density at radius 2 is 1.78 bits per heavy atom. The van der Waals surface area contributed by atoms with Crippen molar-refractivity contribution in [1.82, 2.24) is 4.98 Å². The van der Waals surface area contributed by atoms with E-state index in [2.05, 4.69) is 4.98 Å². The number of carboxylic acids is 1. The summed E-state index contributed by atoms with van der Waals surface area (Å²) in [4.78, 5) is 31.9. The Kier molecular flexibility index (Phi) is 3.43. The summed E-state index contributed by atoms with van der Waals surface area (Å²) in [6, 6.07) is 9.86. The maximum absolute atomic E-state index is 13.6. The van der Waals surface area contributed by atoms with Crippen LogP contribution in [0.5, 0.6) is 0 Å². The average molecular weight is 364 g/mol. The van der Waals surface area contributed by atoms with Crippen molar-refractivity contribution >= 4 is 28.5 Å². The summed E-state index contributed by atoms with van der Waals surface area (Å²) in [5.41, 5.74) is 0.464. The second-order valence-corrected chi connectivity index (χ2v) is 9.08. The molecule has 4 saturated carbocycles. The zero-order chi connectivity index (χ0) is 18.8. The molecule has 1 aromatic heterocycles. The molecule has 4 aliphatic rings. The number of hydrogen-bond acceptors (Lipinski definition) is 3. The molecule has 0 aliphatic heterocycles. The first kappa shape index (κ1) is 16.7. The highest BCUT2D eigenvalue weighted by molar-refractivity contribution is 5.99. The molecule has 2 atom stereocenters. The van der Waals surface area contributed by atoms with Crippen LogP contribution in [0, 0.1) is 22.7 Å². The standard InChI is InChI=1S/C22H24N2O3/c1-24(17-7-16-4-2-3-5-18(16)23-12-17)19(25)21-8-14-6-15(9-21)11-22(10-14,13-21)20(26)27/h2-5,7,12,14-15H,6,8-11,13H2,1H3,(H,26,27). The van der Waals surface area contributed by atoms with Crippen molar-refractivity contribution in [2.75, 3.05) is 11.9 Å². The lowest BCUT2D eigenvalue weighted by atomic mass is 9.44. The van der Waals surface area contributed by atoms with Gasteiger partial charge in [0.2, 0.25) is 5.91 Å². The number of hydrogen-bond donors (Lipinski definition) is 1. The molecule has 6 rings (SSSR count). The van der Waals surface area contributed by atoms with E-state index in [0.29, 0.717) is 18.3 Å². The Hall–Kier alpha value is -2.43. The molecule has 2 aromatic rings. The van der Waals surface area contributed by atoms with Crippen molar-refractivity contribution in [3.05, 3.63) is 36.5 Å². The molecule has 1 aromatic carbocycles. The number of amides is 1. The van der Waals surface area contributed by atoms with Crippen LogP contribution < -0.4 is 4.90 Å². The van der Waals surface area contributed by atoms with Crippen molar-refractivity contribution in [2.24, 2.45) is 22.7 Å². The van der Waals surface area contributed by atoms with E-state index in [4.69, 9.17) is 0 Å². The molecule has 4 aliphatic carbocycles. The molecule has 5 heteroatoms. The van der Waals surface area contributed by atoms with E-state index in [1.165, 1.54) is 0 Å². The number of nitrogens with zero attached hydrogens (tertiary/aromatic N) is 2. The van der Waals surface area contributed by atoms with Gasteiger partial charge in [-0.25, -0.2) is 0 Å². The van der Waals surface area contributed by atoms with Crippen LogP contribution in [0.15, 0.2) is 36.5 Å². The molecule has 0 spiro atoms. The number of carboxylic acid groups (broad SMARTS) is 1. The quantitative estimate of drug-likeness (QED) is 0.897. The SMILES string of the molecule is CN(C(=O)C12CC3CC(CC(C(=O)O)(C3)C1)C2)c1cnc2ccccc2c1. The minimum absolute atomic E-state index is 0.0688. The van der Waals surface area contributed by atoms with Gasteiger partial charge < -0.3 is 10.0 Å². The molecule has 1 N–H and O–H groups in total. The van der Waals surface area contributed by atoms with E-state index >= 15 is 0 Å². The number of anilines is 1. The fourth-order valence-electron chi connectivity index (χ4n) is 6.48. The van der Waals surface area contributed by atoms with Gasteiger partial charge >= 0.3 is 5.97 Å². The second-order valence-electron chi connectivity index (χ2n) is 9.08. The molecule has 0 saturated heterocycles. The van der Waals surface area contributed by atoms with Crippen LogP contribution in [0.2, 0.25) is 0 Å². The molecule has 0 radical (unpaired) electrons. The first-order valence-electron chi connectivity index (χ1n) is 9.77. The monoisotopic (exact) mass is 364 g/mol. The number of pyridine rings is 1. The van der Waals surface area contributed by atoms with Crippen molar-refractivity contribution in [3.8, 4) is 0 Å². The Balaban J connectivity index is 1.50. The summed E-state index contributed by atoms with van der Waals surface area (Å²) >= 11 is 0. The molecule has 1 heterocycles.